The Kier molecular flexibility index (Phi) is 5.54. The molecule has 0 saturated carbocycles. The van der Waals surface area contributed by atoms with Crippen LogP contribution < -0.4 is 5.56 Å². The van der Waals surface area contributed by atoms with Crippen LogP contribution >= 0.6 is 0 Å². The lowest BCUT2D eigenvalue weighted by Crippen LogP contribution is -2.52. The molecule has 172 valence electrons. The summed E-state index contributed by atoms with van der Waals surface area (Å²) in [7, 11) is -2.91. The fraction of sp³-hybridized carbons (Fsp3) is 0.375. The first kappa shape index (κ1) is 21.8. The number of amides is 1. The summed E-state index contributed by atoms with van der Waals surface area (Å²) < 4.78 is 25.1. The summed E-state index contributed by atoms with van der Waals surface area (Å²) >= 11 is 0. The third-order valence-electron chi connectivity index (χ3n) is 6.64. The number of hydrogen-bond donors (Lipinski definition) is 0. The highest BCUT2D eigenvalue weighted by molar-refractivity contribution is 7.91. The molecule has 2 aliphatic rings. The molecule has 0 radical (unpaired) electrons. The van der Waals surface area contributed by atoms with Crippen LogP contribution in [0.5, 0.6) is 0 Å². The van der Waals surface area contributed by atoms with Crippen LogP contribution in [-0.2, 0) is 9.84 Å². The minimum Gasteiger partial charge on any atom is -0.336 e. The lowest BCUT2D eigenvalue weighted by Gasteiger charge is -2.37. The van der Waals surface area contributed by atoms with Crippen LogP contribution in [0.2, 0.25) is 0 Å². The number of fused-ring (bicyclic) bond motifs is 1. The Labute approximate surface area is 192 Å². The van der Waals surface area contributed by atoms with Gasteiger partial charge in [0.1, 0.15) is 5.82 Å². The van der Waals surface area contributed by atoms with Crippen LogP contribution in [0.3, 0.4) is 0 Å². The number of para-hydroxylation sites is 1. The number of hydrogen-bond acceptors (Lipinski definition) is 6. The van der Waals surface area contributed by atoms with E-state index in [1.54, 1.807) is 41.8 Å². The van der Waals surface area contributed by atoms with Crippen LogP contribution in [0.4, 0.5) is 0 Å². The SMILES string of the molecule is Cc1nc2ccccc2c(=O)n1-c1ccc(C(=O)N2CCN([C@H]3CCS(=O)(=O)C3)CC2)cc1. The van der Waals surface area contributed by atoms with E-state index in [4.69, 9.17) is 0 Å². The molecule has 1 aromatic heterocycles. The smallest absolute Gasteiger partial charge is 0.265 e. The van der Waals surface area contributed by atoms with E-state index in [-0.39, 0.29) is 29.0 Å². The predicted octanol–water partition coefficient (Wildman–Crippen LogP) is 1.64. The molecule has 0 N–H and O–H groups in total. The Morgan fingerprint density at radius 1 is 1.00 bits per heavy atom. The molecule has 0 aliphatic carbocycles. The molecule has 1 atom stereocenters. The standard InChI is InChI=1S/C24H26N4O4S/c1-17-25-22-5-3-2-4-21(22)24(30)28(17)19-8-6-18(7-9-19)23(29)27-13-11-26(12-14-27)20-10-15-33(31,32)16-20/h2-9,20H,10-16H2,1H3/t20-/m0/s1. The molecule has 3 aromatic rings. The summed E-state index contributed by atoms with van der Waals surface area (Å²) in [6, 6.07) is 14.4. The molecule has 2 saturated heterocycles. The zero-order valence-corrected chi connectivity index (χ0v) is 19.3. The van der Waals surface area contributed by atoms with Crippen molar-refractivity contribution in [2.75, 3.05) is 37.7 Å². The van der Waals surface area contributed by atoms with Gasteiger partial charge >= 0.3 is 0 Å². The summed E-state index contributed by atoms with van der Waals surface area (Å²) in [4.78, 5) is 34.6. The van der Waals surface area contributed by atoms with E-state index >= 15 is 0 Å². The molecule has 1 amide bonds. The molecule has 0 unspecified atom stereocenters. The topological polar surface area (TPSA) is 92.6 Å². The summed E-state index contributed by atoms with van der Waals surface area (Å²) in [5.41, 5.74) is 1.76. The number of rotatable bonds is 3. The molecule has 9 heteroatoms. The Morgan fingerprint density at radius 2 is 1.70 bits per heavy atom. The second-order valence-corrected chi connectivity index (χ2v) is 11.0. The highest BCUT2D eigenvalue weighted by atomic mass is 32.2. The molecule has 2 fully saturated rings. The normalized spacial score (nSPS) is 20.9. The van der Waals surface area contributed by atoms with E-state index in [2.05, 4.69) is 9.88 Å². The van der Waals surface area contributed by atoms with Gasteiger partial charge in [0.25, 0.3) is 11.5 Å². The van der Waals surface area contributed by atoms with E-state index in [1.807, 2.05) is 23.1 Å². The molecule has 33 heavy (non-hydrogen) atoms. The van der Waals surface area contributed by atoms with Gasteiger partial charge in [-0.25, -0.2) is 13.4 Å². The van der Waals surface area contributed by atoms with E-state index in [9.17, 15) is 18.0 Å². The third-order valence-corrected chi connectivity index (χ3v) is 8.39. The molecule has 8 nitrogen and oxygen atoms in total. The average Bonchev–Trinajstić information content (AvgIpc) is 3.19. The van der Waals surface area contributed by atoms with Crippen molar-refractivity contribution >= 4 is 26.6 Å². The van der Waals surface area contributed by atoms with Gasteiger partial charge in [0, 0.05) is 37.8 Å². The highest BCUT2D eigenvalue weighted by Gasteiger charge is 2.34. The number of aryl methyl sites for hydroxylation is 1. The maximum atomic E-state index is 13.0. The zero-order chi connectivity index (χ0) is 23.2. The van der Waals surface area contributed by atoms with Crippen LogP contribution in [0.25, 0.3) is 16.6 Å². The number of carbonyl (C=O) groups excluding carboxylic acids is 1. The number of sulfone groups is 1. The summed E-state index contributed by atoms with van der Waals surface area (Å²) in [6.07, 6.45) is 0.681. The second kappa shape index (κ2) is 8.39. The molecule has 5 rings (SSSR count). The largest absolute Gasteiger partial charge is 0.336 e. The van der Waals surface area contributed by atoms with Gasteiger partial charge in [-0.15, -0.1) is 0 Å². The number of piperazine rings is 1. The van der Waals surface area contributed by atoms with Crippen LogP contribution in [0.1, 0.15) is 22.6 Å². The van der Waals surface area contributed by atoms with Crippen molar-refractivity contribution < 1.29 is 13.2 Å². The van der Waals surface area contributed by atoms with Crippen molar-refractivity contribution in [3.05, 3.63) is 70.3 Å². The number of carbonyl (C=O) groups is 1. The van der Waals surface area contributed by atoms with E-state index in [0.717, 1.165) is 0 Å². The monoisotopic (exact) mass is 466 g/mol. The first-order valence-corrected chi connectivity index (χ1v) is 13.0. The van der Waals surface area contributed by atoms with Crippen molar-refractivity contribution in [3.8, 4) is 5.69 Å². The third kappa shape index (κ3) is 4.18. The van der Waals surface area contributed by atoms with Crippen LogP contribution in [0, 0.1) is 6.92 Å². The number of nitrogens with zero attached hydrogens (tertiary/aromatic N) is 4. The Balaban J connectivity index is 1.30. The van der Waals surface area contributed by atoms with E-state index in [0.29, 0.717) is 60.6 Å². The average molecular weight is 467 g/mol. The van der Waals surface area contributed by atoms with Gasteiger partial charge in [-0.2, -0.15) is 0 Å². The Hall–Kier alpha value is -3.04. The Bertz CT molecular complexity index is 1370. The van der Waals surface area contributed by atoms with Gasteiger partial charge in [-0.05, 0) is 49.7 Å². The van der Waals surface area contributed by atoms with Crippen LogP contribution in [0.15, 0.2) is 53.3 Å². The molecular weight excluding hydrogens is 440 g/mol. The fourth-order valence-electron chi connectivity index (χ4n) is 4.84. The minimum atomic E-state index is -2.91. The van der Waals surface area contributed by atoms with Crippen molar-refractivity contribution in [2.45, 2.75) is 19.4 Å². The molecule has 0 spiro atoms. The highest BCUT2D eigenvalue weighted by Crippen LogP contribution is 2.20. The second-order valence-electron chi connectivity index (χ2n) is 8.75. The molecule has 3 heterocycles. The van der Waals surface area contributed by atoms with Gasteiger partial charge in [0.2, 0.25) is 0 Å². The van der Waals surface area contributed by atoms with Crippen molar-refractivity contribution in [3.63, 3.8) is 0 Å². The molecular formula is C24H26N4O4S. The summed E-state index contributed by atoms with van der Waals surface area (Å²) in [6.45, 7) is 4.30. The van der Waals surface area contributed by atoms with Gasteiger partial charge < -0.3 is 4.90 Å². The van der Waals surface area contributed by atoms with Gasteiger partial charge in [0.15, 0.2) is 9.84 Å². The number of benzene rings is 2. The maximum Gasteiger partial charge on any atom is 0.265 e. The van der Waals surface area contributed by atoms with E-state index < -0.39 is 9.84 Å². The lowest BCUT2D eigenvalue weighted by molar-refractivity contribution is 0.0588. The van der Waals surface area contributed by atoms with Crippen molar-refractivity contribution in [2.24, 2.45) is 0 Å². The minimum absolute atomic E-state index is 0.0547. The van der Waals surface area contributed by atoms with E-state index in [1.165, 1.54) is 0 Å². The number of aromatic nitrogens is 2. The summed E-state index contributed by atoms with van der Waals surface area (Å²) in [5.74, 6) is 1.02. The van der Waals surface area contributed by atoms with Crippen molar-refractivity contribution in [1.29, 1.82) is 0 Å². The molecule has 0 bridgehead atoms. The van der Waals surface area contributed by atoms with Crippen LogP contribution in [-0.4, -0.2) is 77.4 Å². The quantitative estimate of drug-likeness (QED) is 0.583. The van der Waals surface area contributed by atoms with Gasteiger partial charge in [0.05, 0.1) is 28.1 Å². The molecule has 2 aliphatic heterocycles. The maximum absolute atomic E-state index is 13.0. The van der Waals surface area contributed by atoms with Gasteiger partial charge in [-0.3, -0.25) is 19.1 Å². The predicted molar refractivity (Wildman–Crippen MR) is 127 cm³/mol. The fourth-order valence-corrected chi connectivity index (χ4v) is 6.60. The first-order chi connectivity index (χ1) is 15.8. The summed E-state index contributed by atoms with van der Waals surface area (Å²) in [5, 5.41) is 0.552. The Morgan fingerprint density at radius 3 is 2.36 bits per heavy atom. The van der Waals surface area contributed by atoms with Gasteiger partial charge in [-0.1, -0.05) is 12.1 Å². The lowest BCUT2D eigenvalue weighted by atomic mass is 10.1. The zero-order valence-electron chi connectivity index (χ0n) is 18.5. The first-order valence-electron chi connectivity index (χ1n) is 11.1. The molecule has 2 aromatic carbocycles. The van der Waals surface area contributed by atoms with Crippen molar-refractivity contribution in [1.82, 2.24) is 19.4 Å².